The van der Waals surface area contributed by atoms with Crippen molar-refractivity contribution in [3.8, 4) is 0 Å². The smallest absolute Gasteiger partial charge is 0.127 e. The van der Waals surface area contributed by atoms with Gasteiger partial charge in [-0.2, -0.15) is 0 Å². The SMILES string of the molecule is CC(Cl)c1nc2cncc(Cl)c2n1CC1(C)CC1. The Morgan fingerprint density at radius 2 is 2.17 bits per heavy atom. The number of nitrogens with zero attached hydrogens (tertiary/aromatic N) is 3. The molecule has 2 aromatic rings. The predicted octanol–water partition coefficient (Wildman–Crippen LogP) is 4.18. The molecule has 5 heteroatoms. The van der Waals surface area contributed by atoms with Crippen molar-refractivity contribution in [2.75, 3.05) is 0 Å². The molecule has 0 aliphatic heterocycles. The molecule has 1 aliphatic carbocycles. The van der Waals surface area contributed by atoms with Crippen molar-refractivity contribution in [3.05, 3.63) is 23.2 Å². The van der Waals surface area contributed by atoms with E-state index in [0.717, 1.165) is 23.4 Å². The zero-order valence-corrected chi connectivity index (χ0v) is 12.0. The second kappa shape index (κ2) is 4.10. The van der Waals surface area contributed by atoms with Gasteiger partial charge in [0.1, 0.15) is 11.3 Å². The molecule has 1 atom stereocenters. The molecular weight excluding hydrogens is 269 g/mol. The fourth-order valence-corrected chi connectivity index (χ4v) is 2.70. The lowest BCUT2D eigenvalue weighted by Crippen LogP contribution is -2.12. The standard InChI is InChI=1S/C13H15Cl2N3/c1-8(14)12-17-10-6-16-5-9(15)11(10)18(12)7-13(2)3-4-13/h5-6,8H,3-4,7H2,1-2H3. The van der Waals surface area contributed by atoms with Gasteiger partial charge < -0.3 is 4.57 Å². The molecule has 2 aromatic heterocycles. The first kappa shape index (κ1) is 12.2. The van der Waals surface area contributed by atoms with E-state index in [9.17, 15) is 0 Å². The van der Waals surface area contributed by atoms with Crippen LogP contribution < -0.4 is 0 Å². The van der Waals surface area contributed by atoms with E-state index in [1.165, 1.54) is 12.8 Å². The molecule has 0 radical (unpaired) electrons. The van der Waals surface area contributed by atoms with Gasteiger partial charge in [-0.3, -0.25) is 4.98 Å². The zero-order valence-electron chi connectivity index (χ0n) is 10.5. The van der Waals surface area contributed by atoms with Crippen molar-refractivity contribution >= 4 is 34.2 Å². The average Bonchev–Trinajstić information content (AvgIpc) is 2.89. The summed E-state index contributed by atoms with van der Waals surface area (Å²) >= 11 is 12.5. The third-order valence-electron chi connectivity index (χ3n) is 3.63. The molecule has 1 saturated carbocycles. The molecule has 1 fully saturated rings. The number of rotatable bonds is 3. The summed E-state index contributed by atoms with van der Waals surface area (Å²) in [7, 11) is 0. The molecule has 0 amide bonds. The van der Waals surface area contributed by atoms with E-state index in [2.05, 4.69) is 21.5 Å². The quantitative estimate of drug-likeness (QED) is 0.791. The van der Waals surface area contributed by atoms with Crippen LogP contribution in [0.4, 0.5) is 0 Å². The van der Waals surface area contributed by atoms with Crippen LogP contribution in [0.3, 0.4) is 0 Å². The van der Waals surface area contributed by atoms with Crippen LogP contribution in [0.2, 0.25) is 5.02 Å². The van der Waals surface area contributed by atoms with Gasteiger partial charge in [0, 0.05) is 12.7 Å². The van der Waals surface area contributed by atoms with Crippen molar-refractivity contribution < 1.29 is 0 Å². The van der Waals surface area contributed by atoms with Gasteiger partial charge in [-0.1, -0.05) is 18.5 Å². The summed E-state index contributed by atoms with van der Waals surface area (Å²) in [4.78, 5) is 8.66. The Morgan fingerprint density at radius 1 is 1.44 bits per heavy atom. The predicted molar refractivity (Wildman–Crippen MR) is 74.1 cm³/mol. The monoisotopic (exact) mass is 283 g/mol. The molecule has 18 heavy (non-hydrogen) atoms. The summed E-state index contributed by atoms with van der Waals surface area (Å²) in [6, 6.07) is 0. The Hall–Kier alpha value is -0.800. The van der Waals surface area contributed by atoms with E-state index in [1.54, 1.807) is 12.4 Å². The molecule has 0 aromatic carbocycles. The Labute approximate surface area is 116 Å². The molecule has 2 heterocycles. The van der Waals surface area contributed by atoms with E-state index >= 15 is 0 Å². The third-order valence-corrected chi connectivity index (χ3v) is 4.11. The van der Waals surface area contributed by atoms with E-state index in [4.69, 9.17) is 23.2 Å². The van der Waals surface area contributed by atoms with E-state index < -0.39 is 0 Å². The molecule has 0 saturated heterocycles. The van der Waals surface area contributed by atoms with Gasteiger partial charge in [0.05, 0.1) is 22.1 Å². The van der Waals surface area contributed by atoms with Crippen LogP contribution in [0, 0.1) is 5.41 Å². The summed E-state index contributed by atoms with van der Waals surface area (Å²) in [6.45, 7) is 5.16. The van der Waals surface area contributed by atoms with Crippen LogP contribution in [-0.2, 0) is 6.54 Å². The fraction of sp³-hybridized carbons (Fsp3) is 0.538. The number of aromatic nitrogens is 3. The number of pyridine rings is 1. The Kier molecular flexibility index (Phi) is 2.79. The second-order valence-electron chi connectivity index (χ2n) is 5.47. The molecule has 3 nitrogen and oxygen atoms in total. The summed E-state index contributed by atoms with van der Waals surface area (Å²) < 4.78 is 2.17. The Morgan fingerprint density at radius 3 is 2.78 bits per heavy atom. The minimum Gasteiger partial charge on any atom is -0.325 e. The van der Waals surface area contributed by atoms with Crippen molar-refractivity contribution in [2.45, 2.75) is 38.6 Å². The van der Waals surface area contributed by atoms with Crippen molar-refractivity contribution in [3.63, 3.8) is 0 Å². The number of fused-ring (bicyclic) bond motifs is 1. The highest BCUT2D eigenvalue weighted by Gasteiger charge is 2.38. The van der Waals surface area contributed by atoms with Crippen molar-refractivity contribution in [1.82, 2.24) is 14.5 Å². The van der Waals surface area contributed by atoms with Crippen molar-refractivity contribution in [1.29, 1.82) is 0 Å². The molecule has 96 valence electrons. The lowest BCUT2D eigenvalue weighted by molar-refractivity contribution is 0.461. The first-order valence-electron chi connectivity index (χ1n) is 6.14. The Bertz CT molecular complexity index is 600. The molecule has 0 N–H and O–H groups in total. The fourth-order valence-electron chi connectivity index (χ4n) is 2.28. The van der Waals surface area contributed by atoms with E-state index in [1.807, 2.05) is 6.92 Å². The summed E-state index contributed by atoms with van der Waals surface area (Å²) in [5.74, 6) is 0.884. The Balaban J connectivity index is 2.20. The molecule has 1 unspecified atom stereocenters. The number of alkyl halides is 1. The minimum atomic E-state index is -0.129. The highest BCUT2D eigenvalue weighted by atomic mass is 35.5. The van der Waals surface area contributed by atoms with Gasteiger partial charge in [-0.05, 0) is 25.2 Å². The molecule has 0 spiro atoms. The highest BCUT2D eigenvalue weighted by molar-refractivity contribution is 6.34. The van der Waals surface area contributed by atoms with Crippen LogP contribution >= 0.6 is 23.2 Å². The normalized spacial score (nSPS) is 19.1. The van der Waals surface area contributed by atoms with Crippen LogP contribution in [-0.4, -0.2) is 14.5 Å². The van der Waals surface area contributed by atoms with Gasteiger partial charge in [-0.25, -0.2) is 4.98 Å². The summed E-state index contributed by atoms with van der Waals surface area (Å²) in [5, 5.41) is 0.517. The lowest BCUT2D eigenvalue weighted by atomic mass is 10.1. The highest BCUT2D eigenvalue weighted by Crippen LogP contribution is 2.47. The first-order valence-corrected chi connectivity index (χ1v) is 6.95. The topological polar surface area (TPSA) is 30.7 Å². The van der Waals surface area contributed by atoms with Gasteiger partial charge >= 0.3 is 0 Å². The van der Waals surface area contributed by atoms with Crippen LogP contribution in [0.5, 0.6) is 0 Å². The molecule has 0 bridgehead atoms. The number of imidazole rings is 1. The van der Waals surface area contributed by atoms with Gasteiger partial charge in [-0.15, -0.1) is 11.6 Å². The molecular formula is C13H15Cl2N3. The summed E-state index contributed by atoms with van der Waals surface area (Å²) in [5.41, 5.74) is 2.16. The van der Waals surface area contributed by atoms with Gasteiger partial charge in [0.15, 0.2) is 0 Å². The van der Waals surface area contributed by atoms with Gasteiger partial charge in [0.2, 0.25) is 0 Å². The minimum absolute atomic E-state index is 0.129. The van der Waals surface area contributed by atoms with Crippen LogP contribution in [0.15, 0.2) is 12.4 Å². The van der Waals surface area contributed by atoms with E-state index in [0.29, 0.717) is 10.4 Å². The number of hydrogen-bond acceptors (Lipinski definition) is 2. The van der Waals surface area contributed by atoms with E-state index in [-0.39, 0.29) is 5.38 Å². The zero-order chi connectivity index (χ0) is 12.9. The second-order valence-corrected chi connectivity index (χ2v) is 6.53. The maximum absolute atomic E-state index is 6.26. The average molecular weight is 284 g/mol. The maximum Gasteiger partial charge on any atom is 0.127 e. The maximum atomic E-state index is 6.26. The van der Waals surface area contributed by atoms with Crippen LogP contribution in [0.1, 0.15) is 37.9 Å². The third kappa shape index (κ3) is 1.99. The largest absolute Gasteiger partial charge is 0.325 e. The summed E-state index contributed by atoms with van der Waals surface area (Å²) in [6.07, 6.45) is 5.92. The first-order chi connectivity index (χ1) is 8.50. The van der Waals surface area contributed by atoms with Crippen molar-refractivity contribution in [2.24, 2.45) is 5.41 Å². The lowest BCUT2D eigenvalue weighted by Gasteiger charge is -2.15. The number of halogens is 2. The molecule has 3 rings (SSSR count). The molecule has 1 aliphatic rings. The van der Waals surface area contributed by atoms with Crippen LogP contribution in [0.25, 0.3) is 11.0 Å². The number of hydrogen-bond donors (Lipinski definition) is 0. The van der Waals surface area contributed by atoms with Gasteiger partial charge in [0.25, 0.3) is 0 Å².